The Morgan fingerprint density at radius 2 is 1.50 bits per heavy atom. The van der Waals surface area contributed by atoms with Gasteiger partial charge < -0.3 is 5.11 Å². The van der Waals surface area contributed by atoms with Crippen molar-refractivity contribution in [2.24, 2.45) is 11.3 Å². The number of rotatable bonds is 1. The van der Waals surface area contributed by atoms with Crippen LogP contribution in [0.3, 0.4) is 0 Å². The van der Waals surface area contributed by atoms with Gasteiger partial charge in [0.2, 0.25) is 0 Å². The highest BCUT2D eigenvalue weighted by atomic mass is 19.4. The lowest BCUT2D eigenvalue weighted by atomic mass is 10.0. The van der Waals surface area contributed by atoms with E-state index in [4.69, 9.17) is 5.11 Å². The Morgan fingerprint density at radius 3 is 1.57 bits per heavy atom. The second kappa shape index (κ2) is 2.54. The number of alkyl halides is 6. The first-order chi connectivity index (χ1) is 6.04. The smallest absolute Gasteiger partial charge is 0.404 e. The zero-order chi connectivity index (χ0) is 11.4. The molecular formula is C6H4F6O2. The Hall–Kier alpha value is -0.950. The van der Waals surface area contributed by atoms with E-state index in [1.54, 1.807) is 0 Å². The number of hydrogen-bond acceptors (Lipinski definition) is 1. The summed E-state index contributed by atoms with van der Waals surface area (Å²) in [5, 5.41) is 8.12. The summed E-state index contributed by atoms with van der Waals surface area (Å²) in [5.41, 5.74) is -4.04. The van der Waals surface area contributed by atoms with Crippen molar-refractivity contribution in [3.63, 3.8) is 0 Å². The number of carboxylic acid groups (broad SMARTS) is 1. The number of carboxylic acids is 1. The van der Waals surface area contributed by atoms with Crippen LogP contribution in [-0.4, -0.2) is 23.4 Å². The van der Waals surface area contributed by atoms with Crippen LogP contribution in [0.25, 0.3) is 0 Å². The first-order valence-electron chi connectivity index (χ1n) is 3.40. The molecule has 14 heavy (non-hydrogen) atoms. The molecule has 0 aromatic carbocycles. The monoisotopic (exact) mass is 222 g/mol. The Labute approximate surface area is 73.5 Å². The van der Waals surface area contributed by atoms with Crippen LogP contribution in [0.15, 0.2) is 0 Å². The number of carbonyl (C=O) groups is 1. The standard InChI is InChI=1S/C6H4F6O2/c7-5(8,9)4(6(10,11)12)1-2(4)3(13)14/h2H,1H2,(H,13,14)/t2-/m1/s1. The van der Waals surface area contributed by atoms with E-state index in [0.717, 1.165) is 0 Å². The minimum absolute atomic E-state index is 1.42. The molecule has 0 aromatic heterocycles. The Balaban J connectivity index is 3.05. The summed E-state index contributed by atoms with van der Waals surface area (Å²) >= 11 is 0. The van der Waals surface area contributed by atoms with Gasteiger partial charge in [-0.15, -0.1) is 0 Å². The molecule has 1 saturated carbocycles. The van der Waals surface area contributed by atoms with E-state index < -0.39 is 36.1 Å². The van der Waals surface area contributed by atoms with Crippen molar-refractivity contribution >= 4 is 5.97 Å². The zero-order valence-corrected chi connectivity index (χ0v) is 6.41. The van der Waals surface area contributed by atoms with Gasteiger partial charge in [-0.25, -0.2) is 0 Å². The van der Waals surface area contributed by atoms with Gasteiger partial charge in [0.15, 0.2) is 5.41 Å². The molecule has 2 nitrogen and oxygen atoms in total. The van der Waals surface area contributed by atoms with Crippen molar-refractivity contribution in [2.45, 2.75) is 18.8 Å². The fourth-order valence-corrected chi connectivity index (χ4v) is 1.35. The van der Waals surface area contributed by atoms with Crippen molar-refractivity contribution in [1.82, 2.24) is 0 Å². The lowest BCUT2D eigenvalue weighted by molar-refractivity contribution is -0.305. The average Bonchev–Trinajstić information content (AvgIpc) is 2.54. The number of halogens is 6. The van der Waals surface area contributed by atoms with Gasteiger partial charge in [-0.1, -0.05) is 0 Å². The molecule has 0 spiro atoms. The molecule has 1 aliphatic rings. The highest BCUT2D eigenvalue weighted by Gasteiger charge is 2.85. The third-order valence-corrected chi connectivity index (χ3v) is 2.27. The molecule has 0 aliphatic heterocycles. The van der Waals surface area contributed by atoms with E-state index in [0.29, 0.717) is 0 Å². The normalized spacial score (nSPS) is 26.0. The predicted octanol–water partition coefficient (Wildman–Crippen LogP) is 2.20. The third kappa shape index (κ3) is 1.24. The predicted molar refractivity (Wildman–Crippen MR) is 30.3 cm³/mol. The second-order valence-electron chi connectivity index (χ2n) is 3.06. The fraction of sp³-hybridized carbons (Fsp3) is 0.833. The summed E-state index contributed by atoms with van der Waals surface area (Å²) in [6.07, 6.45) is -12.5. The minimum atomic E-state index is -5.56. The Morgan fingerprint density at radius 1 is 1.14 bits per heavy atom. The van der Waals surface area contributed by atoms with Gasteiger partial charge in [-0.3, -0.25) is 4.79 Å². The van der Waals surface area contributed by atoms with Crippen molar-refractivity contribution < 1.29 is 36.2 Å². The molecule has 0 saturated heterocycles. The lowest BCUT2D eigenvalue weighted by Gasteiger charge is -2.22. The van der Waals surface area contributed by atoms with Crippen LogP contribution in [0, 0.1) is 11.3 Å². The molecule has 0 amide bonds. The van der Waals surface area contributed by atoms with Crippen molar-refractivity contribution in [1.29, 1.82) is 0 Å². The molecule has 1 aliphatic carbocycles. The molecule has 1 rings (SSSR count). The first-order valence-corrected chi connectivity index (χ1v) is 3.40. The molecule has 0 aromatic rings. The van der Waals surface area contributed by atoms with Crippen molar-refractivity contribution in [3.8, 4) is 0 Å². The Kier molecular flexibility index (Phi) is 2.02. The van der Waals surface area contributed by atoms with Gasteiger partial charge >= 0.3 is 18.3 Å². The van der Waals surface area contributed by atoms with Gasteiger partial charge in [0.05, 0.1) is 5.92 Å². The summed E-state index contributed by atoms with van der Waals surface area (Å²) in [5.74, 6) is -4.47. The molecular weight excluding hydrogens is 218 g/mol. The van der Waals surface area contributed by atoms with E-state index in [-0.39, 0.29) is 0 Å². The quantitative estimate of drug-likeness (QED) is 0.690. The first kappa shape index (κ1) is 11.1. The van der Waals surface area contributed by atoms with E-state index in [1.165, 1.54) is 0 Å². The van der Waals surface area contributed by atoms with E-state index in [9.17, 15) is 31.1 Å². The minimum Gasteiger partial charge on any atom is -0.481 e. The summed E-state index contributed by atoms with van der Waals surface area (Å²) < 4.78 is 72.1. The largest absolute Gasteiger partial charge is 0.481 e. The van der Waals surface area contributed by atoms with Gasteiger partial charge in [0.1, 0.15) is 0 Å². The van der Waals surface area contributed by atoms with Gasteiger partial charge in [-0.05, 0) is 6.42 Å². The van der Waals surface area contributed by atoms with E-state index >= 15 is 0 Å². The molecule has 0 bridgehead atoms. The number of hydrogen-bond donors (Lipinski definition) is 1. The molecule has 8 heteroatoms. The van der Waals surface area contributed by atoms with Gasteiger partial charge in [0, 0.05) is 0 Å². The molecule has 0 radical (unpaired) electrons. The van der Waals surface area contributed by atoms with Gasteiger partial charge in [-0.2, -0.15) is 26.3 Å². The van der Waals surface area contributed by atoms with Crippen molar-refractivity contribution in [3.05, 3.63) is 0 Å². The molecule has 0 heterocycles. The average molecular weight is 222 g/mol. The molecule has 1 atom stereocenters. The Bertz CT molecular complexity index is 250. The maximum absolute atomic E-state index is 12.0. The molecule has 82 valence electrons. The van der Waals surface area contributed by atoms with Crippen LogP contribution in [0.1, 0.15) is 6.42 Å². The van der Waals surface area contributed by atoms with Crippen molar-refractivity contribution in [2.75, 3.05) is 0 Å². The highest BCUT2D eigenvalue weighted by Crippen LogP contribution is 2.70. The van der Waals surface area contributed by atoms with Crippen LogP contribution >= 0.6 is 0 Å². The highest BCUT2D eigenvalue weighted by molar-refractivity contribution is 5.75. The van der Waals surface area contributed by atoms with E-state index in [1.807, 2.05) is 0 Å². The number of aliphatic carboxylic acids is 1. The maximum atomic E-state index is 12.0. The summed E-state index contributed by atoms with van der Waals surface area (Å²) in [6, 6.07) is 0. The molecule has 1 fully saturated rings. The maximum Gasteiger partial charge on any atom is 0.404 e. The fourth-order valence-electron chi connectivity index (χ4n) is 1.35. The van der Waals surface area contributed by atoms with Crippen LogP contribution in [0.2, 0.25) is 0 Å². The van der Waals surface area contributed by atoms with Gasteiger partial charge in [0.25, 0.3) is 0 Å². The van der Waals surface area contributed by atoms with Crippen LogP contribution in [0.4, 0.5) is 26.3 Å². The topological polar surface area (TPSA) is 37.3 Å². The summed E-state index contributed by atoms with van der Waals surface area (Å²) in [6.45, 7) is 0. The summed E-state index contributed by atoms with van der Waals surface area (Å²) in [4.78, 5) is 10.1. The zero-order valence-electron chi connectivity index (χ0n) is 6.41. The third-order valence-electron chi connectivity index (χ3n) is 2.27. The van der Waals surface area contributed by atoms with E-state index in [2.05, 4.69) is 0 Å². The van der Waals surface area contributed by atoms with Crippen LogP contribution in [0.5, 0.6) is 0 Å². The van der Waals surface area contributed by atoms with Crippen LogP contribution < -0.4 is 0 Å². The lowest BCUT2D eigenvalue weighted by Crippen LogP contribution is -2.41. The summed E-state index contributed by atoms with van der Waals surface area (Å²) in [7, 11) is 0. The van der Waals surface area contributed by atoms with Crippen LogP contribution in [-0.2, 0) is 4.79 Å². The molecule has 0 unspecified atom stereocenters. The molecule has 1 N–H and O–H groups in total. The second-order valence-corrected chi connectivity index (χ2v) is 3.06. The SMILES string of the molecule is O=C(O)[C@H]1CC1(C(F)(F)F)C(F)(F)F.